The van der Waals surface area contributed by atoms with Crippen LogP contribution in [0.4, 0.5) is 5.69 Å². The number of hydrogen-bond acceptors (Lipinski definition) is 4. The highest BCUT2D eigenvalue weighted by atomic mass is 35.5. The standard InChI is InChI=1S/C19H22ClN3O2/c1-2-25-19-17(4-3-10-21-19)18(24)22-12-14-9-11-23(13-14)16-7-5-15(20)6-8-16/h3-8,10,14H,2,9,11-13H2,1H3,(H,22,24). The highest BCUT2D eigenvalue weighted by Gasteiger charge is 2.24. The number of ether oxygens (including phenoxy) is 1. The number of amides is 1. The highest BCUT2D eigenvalue weighted by molar-refractivity contribution is 6.30. The molecular weight excluding hydrogens is 338 g/mol. The van der Waals surface area contributed by atoms with E-state index < -0.39 is 0 Å². The van der Waals surface area contributed by atoms with Crippen molar-refractivity contribution in [2.75, 3.05) is 31.1 Å². The van der Waals surface area contributed by atoms with Crippen molar-refractivity contribution in [1.82, 2.24) is 10.3 Å². The summed E-state index contributed by atoms with van der Waals surface area (Å²) in [4.78, 5) is 18.9. The Labute approximate surface area is 153 Å². The predicted octanol–water partition coefficient (Wildman–Crippen LogP) is 3.39. The Balaban J connectivity index is 1.54. The minimum atomic E-state index is -0.138. The number of nitrogens with zero attached hydrogens (tertiary/aromatic N) is 2. The Kier molecular flexibility index (Phi) is 5.76. The molecule has 1 atom stereocenters. The largest absolute Gasteiger partial charge is 0.477 e. The molecule has 2 heterocycles. The first-order valence-electron chi connectivity index (χ1n) is 8.54. The van der Waals surface area contributed by atoms with Gasteiger partial charge in [-0.2, -0.15) is 0 Å². The number of carbonyl (C=O) groups excluding carboxylic acids is 1. The molecule has 3 rings (SSSR count). The Morgan fingerprint density at radius 2 is 2.16 bits per heavy atom. The Hall–Kier alpha value is -2.27. The number of aromatic nitrogens is 1. The number of pyridine rings is 1. The fraction of sp³-hybridized carbons (Fsp3) is 0.368. The molecule has 0 spiro atoms. The molecule has 5 nitrogen and oxygen atoms in total. The van der Waals surface area contributed by atoms with Gasteiger partial charge >= 0.3 is 0 Å². The van der Waals surface area contributed by atoms with Crippen LogP contribution in [-0.4, -0.2) is 37.1 Å². The van der Waals surface area contributed by atoms with Crippen LogP contribution < -0.4 is 15.0 Å². The van der Waals surface area contributed by atoms with Gasteiger partial charge in [-0.25, -0.2) is 4.98 Å². The summed E-state index contributed by atoms with van der Waals surface area (Å²) in [6.45, 7) is 4.91. The van der Waals surface area contributed by atoms with Gasteiger partial charge in [-0.3, -0.25) is 4.79 Å². The predicted molar refractivity (Wildman–Crippen MR) is 99.5 cm³/mol. The molecule has 25 heavy (non-hydrogen) atoms. The molecule has 1 unspecified atom stereocenters. The summed E-state index contributed by atoms with van der Waals surface area (Å²) in [7, 11) is 0. The SMILES string of the molecule is CCOc1ncccc1C(=O)NCC1CCN(c2ccc(Cl)cc2)C1. The molecule has 0 aliphatic carbocycles. The van der Waals surface area contributed by atoms with Crippen LogP contribution in [0.25, 0.3) is 0 Å². The molecule has 1 aliphatic heterocycles. The second kappa shape index (κ2) is 8.21. The summed E-state index contributed by atoms with van der Waals surface area (Å²) in [5.74, 6) is 0.671. The van der Waals surface area contributed by atoms with Gasteiger partial charge in [0.25, 0.3) is 5.91 Å². The van der Waals surface area contributed by atoms with E-state index in [1.54, 1.807) is 18.3 Å². The van der Waals surface area contributed by atoms with E-state index in [-0.39, 0.29) is 5.91 Å². The summed E-state index contributed by atoms with van der Waals surface area (Å²) in [6.07, 6.45) is 2.68. The third kappa shape index (κ3) is 4.42. The van der Waals surface area contributed by atoms with E-state index >= 15 is 0 Å². The van der Waals surface area contributed by atoms with Gasteiger partial charge < -0.3 is 15.0 Å². The van der Waals surface area contributed by atoms with Gasteiger partial charge in [0.1, 0.15) is 5.56 Å². The van der Waals surface area contributed by atoms with Crippen molar-refractivity contribution in [3.8, 4) is 5.88 Å². The molecule has 0 bridgehead atoms. The summed E-state index contributed by atoms with van der Waals surface area (Å²) < 4.78 is 5.42. The molecule has 0 radical (unpaired) electrons. The zero-order valence-corrected chi connectivity index (χ0v) is 15.0. The third-order valence-corrected chi connectivity index (χ3v) is 4.58. The fourth-order valence-corrected chi connectivity index (χ4v) is 3.16. The lowest BCUT2D eigenvalue weighted by Gasteiger charge is -2.19. The van der Waals surface area contributed by atoms with Crippen molar-refractivity contribution in [2.45, 2.75) is 13.3 Å². The Morgan fingerprint density at radius 1 is 1.36 bits per heavy atom. The van der Waals surface area contributed by atoms with Gasteiger partial charge in [-0.1, -0.05) is 11.6 Å². The lowest BCUT2D eigenvalue weighted by molar-refractivity contribution is 0.0943. The Morgan fingerprint density at radius 3 is 2.92 bits per heavy atom. The van der Waals surface area contributed by atoms with E-state index in [9.17, 15) is 4.79 Å². The summed E-state index contributed by atoms with van der Waals surface area (Å²) in [5, 5.41) is 3.76. The van der Waals surface area contributed by atoms with Crippen LogP contribution in [-0.2, 0) is 0 Å². The summed E-state index contributed by atoms with van der Waals surface area (Å²) in [6, 6.07) is 11.4. The van der Waals surface area contributed by atoms with Gasteiger partial charge in [0.2, 0.25) is 5.88 Å². The number of carbonyl (C=O) groups is 1. The van der Waals surface area contributed by atoms with Crippen molar-refractivity contribution in [3.63, 3.8) is 0 Å². The first-order chi connectivity index (χ1) is 12.2. The van der Waals surface area contributed by atoms with Crippen molar-refractivity contribution < 1.29 is 9.53 Å². The average molecular weight is 360 g/mol. The van der Waals surface area contributed by atoms with Crippen LogP contribution in [0.15, 0.2) is 42.6 Å². The van der Waals surface area contributed by atoms with E-state index in [1.807, 2.05) is 31.2 Å². The van der Waals surface area contributed by atoms with E-state index in [2.05, 4.69) is 15.2 Å². The Bertz CT molecular complexity index is 721. The number of benzene rings is 1. The van der Waals surface area contributed by atoms with E-state index in [0.717, 1.165) is 24.5 Å². The molecule has 1 aromatic carbocycles. The van der Waals surface area contributed by atoms with Gasteiger partial charge in [-0.05, 0) is 55.7 Å². The zero-order chi connectivity index (χ0) is 17.6. The van der Waals surface area contributed by atoms with Crippen LogP contribution in [0, 0.1) is 5.92 Å². The van der Waals surface area contributed by atoms with E-state index in [4.69, 9.17) is 16.3 Å². The minimum absolute atomic E-state index is 0.138. The summed E-state index contributed by atoms with van der Waals surface area (Å²) >= 11 is 5.94. The number of anilines is 1. The molecule has 1 N–H and O–H groups in total. The van der Waals surface area contributed by atoms with Gasteiger partial charge in [-0.15, -0.1) is 0 Å². The quantitative estimate of drug-likeness (QED) is 0.859. The van der Waals surface area contributed by atoms with Gasteiger partial charge in [0, 0.05) is 36.5 Å². The molecular formula is C19H22ClN3O2. The minimum Gasteiger partial charge on any atom is -0.477 e. The normalized spacial score (nSPS) is 16.7. The smallest absolute Gasteiger partial charge is 0.256 e. The lowest BCUT2D eigenvalue weighted by Crippen LogP contribution is -2.31. The lowest BCUT2D eigenvalue weighted by atomic mass is 10.1. The average Bonchev–Trinajstić information content (AvgIpc) is 3.10. The van der Waals surface area contributed by atoms with Crippen LogP contribution in [0.2, 0.25) is 5.02 Å². The zero-order valence-electron chi connectivity index (χ0n) is 14.2. The monoisotopic (exact) mass is 359 g/mol. The van der Waals surface area contributed by atoms with Crippen molar-refractivity contribution in [2.24, 2.45) is 5.92 Å². The molecule has 2 aromatic rings. The first-order valence-corrected chi connectivity index (χ1v) is 8.91. The molecule has 1 aromatic heterocycles. The second-order valence-electron chi connectivity index (χ2n) is 6.08. The van der Waals surface area contributed by atoms with Crippen LogP contribution in [0.1, 0.15) is 23.7 Å². The van der Waals surface area contributed by atoms with Crippen molar-refractivity contribution >= 4 is 23.2 Å². The second-order valence-corrected chi connectivity index (χ2v) is 6.51. The molecule has 132 valence electrons. The molecule has 0 saturated carbocycles. The fourth-order valence-electron chi connectivity index (χ4n) is 3.03. The third-order valence-electron chi connectivity index (χ3n) is 4.33. The van der Waals surface area contributed by atoms with E-state index in [0.29, 0.717) is 30.5 Å². The van der Waals surface area contributed by atoms with Crippen molar-refractivity contribution in [1.29, 1.82) is 0 Å². The highest BCUT2D eigenvalue weighted by Crippen LogP contribution is 2.25. The van der Waals surface area contributed by atoms with Gasteiger partial charge in [0.05, 0.1) is 6.61 Å². The maximum Gasteiger partial charge on any atom is 0.256 e. The van der Waals surface area contributed by atoms with Crippen LogP contribution in [0.3, 0.4) is 0 Å². The topological polar surface area (TPSA) is 54.5 Å². The number of halogens is 1. The maximum atomic E-state index is 12.4. The van der Waals surface area contributed by atoms with Crippen LogP contribution in [0.5, 0.6) is 5.88 Å². The van der Waals surface area contributed by atoms with Crippen LogP contribution >= 0.6 is 11.6 Å². The van der Waals surface area contributed by atoms with E-state index in [1.165, 1.54) is 5.69 Å². The number of nitrogens with one attached hydrogen (secondary N) is 1. The molecule has 1 fully saturated rings. The van der Waals surface area contributed by atoms with Crippen molar-refractivity contribution in [3.05, 3.63) is 53.2 Å². The molecule has 6 heteroatoms. The maximum absolute atomic E-state index is 12.4. The molecule has 1 amide bonds. The van der Waals surface area contributed by atoms with Gasteiger partial charge in [0.15, 0.2) is 0 Å². The first kappa shape index (κ1) is 17.5. The molecule has 1 saturated heterocycles. The number of rotatable bonds is 6. The molecule has 1 aliphatic rings. The number of hydrogen-bond donors (Lipinski definition) is 1. The summed E-state index contributed by atoms with van der Waals surface area (Å²) in [5.41, 5.74) is 1.65.